The van der Waals surface area contributed by atoms with E-state index in [0.717, 1.165) is 17.8 Å². The van der Waals surface area contributed by atoms with E-state index < -0.39 is 0 Å². The van der Waals surface area contributed by atoms with Gasteiger partial charge in [-0.05, 0) is 12.5 Å². The van der Waals surface area contributed by atoms with E-state index in [1.54, 1.807) is 12.5 Å². The second kappa shape index (κ2) is 3.65. The number of rotatable bonds is 3. The highest BCUT2D eigenvalue weighted by Gasteiger charge is 2.21. The summed E-state index contributed by atoms with van der Waals surface area (Å²) in [5, 5.41) is 0. The van der Waals surface area contributed by atoms with Crippen molar-refractivity contribution in [2.75, 3.05) is 0 Å². The van der Waals surface area contributed by atoms with Crippen LogP contribution in [0, 0.1) is 0 Å². The number of fused-ring (bicyclic) bond motifs is 1. The molecule has 0 radical (unpaired) electrons. The fraction of sp³-hybridized carbons (Fsp3) is 0.500. The Kier molecular flexibility index (Phi) is 2.47. The third-order valence-corrected chi connectivity index (χ3v) is 2.84. The monoisotopic (exact) mass is 203 g/mol. The minimum Gasteiger partial charge on any atom is -0.291 e. The third-order valence-electron chi connectivity index (χ3n) is 2.84. The molecule has 3 heteroatoms. The maximum absolute atomic E-state index is 4.63. The van der Waals surface area contributed by atoms with Crippen LogP contribution < -0.4 is 0 Å². The molecule has 0 saturated carbocycles. The molecule has 0 aliphatic carbocycles. The van der Waals surface area contributed by atoms with E-state index in [2.05, 4.69) is 36.8 Å². The molecule has 0 amide bonds. The Morgan fingerprint density at radius 1 is 1.40 bits per heavy atom. The van der Waals surface area contributed by atoms with Gasteiger partial charge in [-0.1, -0.05) is 27.2 Å². The number of nitrogens with zero attached hydrogens (tertiary/aromatic N) is 3. The molecule has 2 heterocycles. The predicted molar refractivity (Wildman–Crippen MR) is 60.9 cm³/mol. The van der Waals surface area contributed by atoms with Gasteiger partial charge < -0.3 is 0 Å². The number of aromatic nitrogens is 3. The molecule has 0 atom stereocenters. The summed E-state index contributed by atoms with van der Waals surface area (Å²) < 4.78 is 1.94. The standard InChI is InChI=1S/C12H17N3/c1-4-6-12(2,3)10-5-7-15-9-13-8-11(15)14-10/h5,7-9H,4,6H2,1-3H3. The second-order valence-corrected chi connectivity index (χ2v) is 4.61. The predicted octanol–water partition coefficient (Wildman–Crippen LogP) is 2.81. The van der Waals surface area contributed by atoms with Gasteiger partial charge in [0.25, 0.3) is 0 Å². The quantitative estimate of drug-likeness (QED) is 0.767. The van der Waals surface area contributed by atoms with E-state index in [1.165, 1.54) is 6.42 Å². The molecule has 0 N–H and O–H groups in total. The summed E-state index contributed by atoms with van der Waals surface area (Å²) >= 11 is 0. The van der Waals surface area contributed by atoms with Crippen LogP contribution in [0.3, 0.4) is 0 Å². The first-order valence-corrected chi connectivity index (χ1v) is 5.42. The minimum atomic E-state index is 0.154. The number of hydrogen-bond donors (Lipinski definition) is 0. The lowest BCUT2D eigenvalue weighted by atomic mass is 9.84. The molecule has 2 aromatic rings. The minimum absolute atomic E-state index is 0.154. The van der Waals surface area contributed by atoms with Crippen LogP contribution in [0.5, 0.6) is 0 Å². The third kappa shape index (κ3) is 1.87. The Bertz CT molecular complexity index is 457. The highest BCUT2D eigenvalue weighted by atomic mass is 15.0. The van der Waals surface area contributed by atoms with Crippen LogP contribution in [0.1, 0.15) is 39.3 Å². The van der Waals surface area contributed by atoms with Crippen LogP contribution in [-0.2, 0) is 5.41 Å². The molecule has 0 aromatic carbocycles. The Balaban J connectivity index is 2.42. The van der Waals surface area contributed by atoms with Gasteiger partial charge in [-0.3, -0.25) is 4.40 Å². The average Bonchev–Trinajstić information content (AvgIpc) is 2.63. The summed E-state index contributed by atoms with van der Waals surface area (Å²) in [6.07, 6.45) is 7.94. The van der Waals surface area contributed by atoms with Gasteiger partial charge in [0.2, 0.25) is 0 Å². The van der Waals surface area contributed by atoms with Gasteiger partial charge in [0, 0.05) is 17.3 Å². The molecular formula is C12H17N3. The average molecular weight is 203 g/mol. The second-order valence-electron chi connectivity index (χ2n) is 4.61. The molecule has 0 unspecified atom stereocenters. The van der Waals surface area contributed by atoms with Gasteiger partial charge in [-0.15, -0.1) is 0 Å². The molecular weight excluding hydrogens is 186 g/mol. The molecule has 0 fully saturated rings. The summed E-state index contributed by atoms with van der Waals surface area (Å²) in [5.74, 6) is 0. The molecule has 0 spiro atoms. The summed E-state index contributed by atoms with van der Waals surface area (Å²) in [4.78, 5) is 8.70. The maximum atomic E-state index is 4.63. The van der Waals surface area contributed by atoms with E-state index in [9.17, 15) is 0 Å². The first-order chi connectivity index (χ1) is 7.13. The van der Waals surface area contributed by atoms with E-state index in [-0.39, 0.29) is 5.41 Å². The van der Waals surface area contributed by atoms with Crippen LogP contribution in [0.4, 0.5) is 0 Å². The van der Waals surface area contributed by atoms with Crippen LogP contribution in [0.25, 0.3) is 5.65 Å². The maximum Gasteiger partial charge on any atom is 0.156 e. The Morgan fingerprint density at radius 2 is 2.20 bits per heavy atom. The highest BCUT2D eigenvalue weighted by Crippen LogP contribution is 2.26. The molecule has 0 saturated heterocycles. The molecule has 2 aromatic heterocycles. The number of imidazole rings is 1. The molecule has 15 heavy (non-hydrogen) atoms. The first kappa shape index (κ1) is 10.1. The van der Waals surface area contributed by atoms with Gasteiger partial charge in [-0.2, -0.15) is 0 Å². The van der Waals surface area contributed by atoms with Crippen molar-refractivity contribution in [3.8, 4) is 0 Å². The lowest BCUT2D eigenvalue weighted by Gasteiger charge is -2.23. The molecule has 3 nitrogen and oxygen atoms in total. The summed E-state index contributed by atoms with van der Waals surface area (Å²) in [7, 11) is 0. The molecule has 0 aliphatic heterocycles. The summed E-state index contributed by atoms with van der Waals surface area (Å²) in [6, 6.07) is 2.09. The SMILES string of the molecule is CCCC(C)(C)c1ccn2cncc2n1. The van der Waals surface area contributed by atoms with E-state index >= 15 is 0 Å². The van der Waals surface area contributed by atoms with Crippen molar-refractivity contribution < 1.29 is 0 Å². The van der Waals surface area contributed by atoms with Crippen molar-refractivity contribution in [1.82, 2.24) is 14.4 Å². The van der Waals surface area contributed by atoms with E-state index in [4.69, 9.17) is 0 Å². The Hall–Kier alpha value is -1.38. The van der Waals surface area contributed by atoms with Crippen molar-refractivity contribution >= 4 is 5.65 Å². The van der Waals surface area contributed by atoms with Crippen LogP contribution >= 0.6 is 0 Å². The van der Waals surface area contributed by atoms with Crippen molar-refractivity contribution in [3.05, 3.63) is 30.5 Å². The lowest BCUT2D eigenvalue weighted by Crippen LogP contribution is -2.18. The summed E-state index contributed by atoms with van der Waals surface area (Å²) in [6.45, 7) is 6.69. The van der Waals surface area contributed by atoms with Gasteiger partial charge in [0.15, 0.2) is 5.65 Å². The molecule has 80 valence electrons. The van der Waals surface area contributed by atoms with Gasteiger partial charge >= 0.3 is 0 Å². The molecule has 0 bridgehead atoms. The van der Waals surface area contributed by atoms with Crippen LogP contribution in [0.2, 0.25) is 0 Å². The van der Waals surface area contributed by atoms with Crippen molar-refractivity contribution in [3.63, 3.8) is 0 Å². The zero-order chi connectivity index (χ0) is 10.9. The van der Waals surface area contributed by atoms with Crippen LogP contribution in [-0.4, -0.2) is 14.4 Å². The lowest BCUT2D eigenvalue weighted by molar-refractivity contribution is 0.460. The zero-order valence-corrected chi connectivity index (χ0v) is 9.57. The zero-order valence-electron chi connectivity index (χ0n) is 9.57. The Labute approximate surface area is 90.2 Å². The van der Waals surface area contributed by atoms with E-state index in [0.29, 0.717) is 0 Å². The highest BCUT2D eigenvalue weighted by molar-refractivity contribution is 5.36. The van der Waals surface area contributed by atoms with E-state index in [1.807, 2.05) is 10.6 Å². The largest absolute Gasteiger partial charge is 0.291 e. The molecule has 0 aliphatic rings. The smallest absolute Gasteiger partial charge is 0.156 e. The first-order valence-electron chi connectivity index (χ1n) is 5.42. The van der Waals surface area contributed by atoms with Gasteiger partial charge in [0.05, 0.1) is 6.20 Å². The van der Waals surface area contributed by atoms with Crippen molar-refractivity contribution in [2.45, 2.75) is 39.0 Å². The summed E-state index contributed by atoms with van der Waals surface area (Å²) in [5.41, 5.74) is 2.23. The fourth-order valence-electron chi connectivity index (χ4n) is 1.94. The number of hydrogen-bond acceptors (Lipinski definition) is 2. The van der Waals surface area contributed by atoms with Gasteiger partial charge in [0.1, 0.15) is 6.33 Å². The van der Waals surface area contributed by atoms with Crippen molar-refractivity contribution in [2.24, 2.45) is 0 Å². The molecule has 2 rings (SSSR count). The van der Waals surface area contributed by atoms with Crippen molar-refractivity contribution in [1.29, 1.82) is 0 Å². The fourth-order valence-corrected chi connectivity index (χ4v) is 1.94. The van der Waals surface area contributed by atoms with Gasteiger partial charge in [-0.25, -0.2) is 9.97 Å². The van der Waals surface area contributed by atoms with Crippen LogP contribution in [0.15, 0.2) is 24.8 Å². The normalized spacial score (nSPS) is 12.2. The topological polar surface area (TPSA) is 30.2 Å². The Morgan fingerprint density at radius 3 is 2.93 bits per heavy atom.